The topological polar surface area (TPSA) is 63.7 Å². The molecule has 0 saturated carbocycles. The lowest BCUT2D eigenvalue weighted by atomic mass is 9.55. The molecule has 5 nitrogen and oxygen atoms in total. The number of hydroxylamine groups is 2. The Bertz CT molecular complexity index is 1170. The number of amides is 2. The molecule has 6 heteroatoms. The van der Waals surface area contributed by atoms with Crippen molar-refractivity contribution in [3.63, 3.8) is 0 Å². The molecule has 31 heavy (non-hydrogen) atoms. The second-order valence-corrected chi connectivity index (χ2v) is 8.56. The van der Waals surface area contributed by atoms with Crippen LogP contribution in [0.3, 0.4) is 0 Å². The minimum Gasteiger partial charge on any atom is -0.325 e. The van der Waals surface area contributed by atoms with Crippen molar-refractivity contribution in [3.05, 3.63) is 106 Å². The van der Waals surface area contributed by atoms with Crippen molar-refractivity contribution in [3.8, 4) is 0 Å². The fourth-order valence-electron chi connectivity index (χ4n) is 5.49. The fourth-order valence-corrected chi connectivity index (χ4v) is 5.68. The molecule has 152 valence electrons. The van der Waals surface area contributed by atoms with Gasteiger partial charge in [0.1, 0.15) is 0 Å². The monoisotopic (exact) mass is 429 g/mol. The van der Waals surface area contributed by atoms with Gasteiger partial charge >= 0.3 is 5.97 Å². The summed E-state index contributed by atoms with van der Waals surface area (Å²) in [6.45, 7) is 0. The Morgan fingerprint density at radius 3 is 1.68 bits per heavy atom. The molecule has 3 aromatic rings. The van der Waals surface area contributed by atoms with E-state index in [0.717, 1.165) is 22.3 Å². The van der Waals surface area contributed by atoms with Crippen LogP contribution in [0.15, 0.2) is 72.8 Å². The molecule has 1 heterocycles. The van der Waals surface area contributed by atoms with Crippen LogP contribution in [0.2, 0.25) is 5.02 Å². The van der Waals surface area contributed by atoms with Crippen LogP contribution in [-0.2, 0) is 14.4 Å². The molecular formula is C25H16ClNO4. The van der Waals surface area contributed by atoms with Crippen molar-refractivity contribution in [1.29, 1.82) is 0 Å². The Labute approximate surface area is 183 Å². The summed E-state index contributed by atoms with van der Waals surface area (Å²) in [4.78, 5) is 44.8. The molecule has 2 atom stereocenters. The van der Waals surface area contributed by atoms with Crippen LogP contribution in [0.25, 0.3) is 0 Å². The molecule has 1 saturated heterocycles. The third kappa shape index (κ3) is 2.47. The summed E-state index contributed by atoms with van der Waals surface area (Å²) >= 11 is 5.96. The average molecular weight is 430 g/mol. The zero-order valence-corrected chi connectivity index (χ0v) is 17.0. The van der Waals surface area contributed by atoms with E-state index in [1.807, 2.05) is 48.5 Å². The van der Waals surface area contributed by atoms with E-state index < -0.39 is 29.6 Å². The number of imide groups is 1. The predicted molar refractivity (Wildman–Crippen MR) is 112 cm³/mol. The molecule has 1 fully saturated rings. The number of carbonyl (C=O) groups excluding carboxylic acids is 3. The second kappa shape index (κ2) is 6.53. The lowest BCUT2D eigenvalue weighted by Crippen LogP contribution is -2.41. The molecule has 7 rings (SSSR count). The van der Waals surface area contributed by atoms with E-state index in [1.165, 1.54) is 12.1 Å². The molecule has 2 amide bonds. The first kappa shape index (κ1) is 18.3. The molecule has 0 N–H and O–H groups in total. The van der Waals surface area contributed by atoms with Crippen LogP contribution >= 0.6 is 11.6 Å². The van der Waals surface area contributed by atoms with Crippen LogP contribution in [0.5, 0.6) is 0 Å². The Balaban J connectivity index is 1.42. The zero-order chi connectivity index (χ0) is 21.3. The first-order valence-corrected chi connectivity index (χ1v) is 10.5. The lowest BCUT2D eigenvalue weighted by Gasteiger charge is -2.45. The Kier molecular flexibility index (Phi) is 3.86. The normalized spacial score (nSPS) is 25.1. The minimum atomic E-state index is -0.787. The Hall–Kier alpha value is -3.44. The van der Waals surface area contributed by atoms with Gasteiger partial charge in [-0.05, 0) is 40.5 Å². The molecule has 0 spiro atoms. The molecule has 0 aromatic heterocycles. The van der Waals surface area contributed by atoms with Crippen LogP contribution in [0, 0.1) is 11.8 Å². The molecular weight excluding hydrogens is 414 g/mol. The summed E-state index contributed by atoms with van der Waals surface area (Å²) in [6, 6.07) is 22.1. The number of halogens is 1. The van der Waals surface area contributed by atoms with Crippen molar-refractivity contribution in [2.24, 2.45) is 11.8 Å². The van der Waals surface area contributed by atoms with Gasteiger partial charge in [-0.3, -0.25) is 9.59 Å². The lowest BCUT2D eigenvalue weighted by molar-refractivity contribution is -0.174. The number of hydrogen-bond acceptors (Lipinski definition) is 4. The van der Waals surface area contributed by atoms with Crippen molar-refractivity contribution >= 4 is 29.4 Å². The second-order valence-electron chi connectivity index (χ2n) is 8.12. The van der Waals surface area contributed by atoms with Gasteiger partial charge in [0, 0.05) is 16.9 Å². The Morgan fingerprint density at radius 2 is 1.23 bits per heavy atom. The summed E-state index contributed by atoms with van der Waals surface area (Å²) in [7, 11) is 0. The van der Waals surface area contributed by atoms with Gasteiger partial charge in [0.15, 0.2) is 0 Å². The Morgan fingerprint density at radius 1 is 0.742 bits per heavy atom. The van der Waals surface area contributed by atoms with Gasteiger partial charge in [-0.1, -0.05) is 66.2 Å². The first-order valence-electron chi connectivity index (χ1n) is 10.1. The molecule has 3 aromatic carbocycles. The molecule has 2 bridgehead atoms. The zero-order valence-electron chi connectivity index (χ0n) is 16.2. The van der Waals surface area contributed by atoms with Crippen LogP contribution in [0.4, 0.5) is 0 Å². The first-order chi connectivity index (χ1) is 15.1. The summed E-state index contributed by atoms with van der Waals surface area (Å²) < 4.78 is 0. The average Bonchev–Trinajstić information content (AvgIpc) is 3.04. The van der Waals surface area contributed by atoms with Crippen molar-refractivity contribution in [2.75, 3.05) is 0 Å². The highest BCUT2D eigenvalue weighted by molar-refractivity contribution is 6.30. The summed E-state index contributed by atoms with van der Waals surface area (Å²) in [5.41, 5.74) is 4.44. The molecule has 0 radical (unpaired) electrons. The maximum absolute atomic E-state index is 13.4. The van der Waals surface area contributed by atoms with E-state index in [9.17, 15) is 14.4 Å². The third-order valence-corrected chi connectivity index (χ3v) is 6.88. The molecule has 4 aliphatic rings. The van der Waals surface area contributed by atoms with Crippen molar-refractivity contribution in [1.82, 2.24) is 5.06 Å². The van der Waals surface area contributed by atoms with E-state index >= 15 is 0 Å². The molecule has 0 unspecified atom stereocenters. The number of carbonyl (C=O) groups is 3. The van der Waals surface area contributed by atoms with Crippen molar-refractivity contribution < 1.29 is 19.2 Å². The van der Waals surface area contributed by atoms with Gasteiger partial charge in [0.25, 0.3) is 11.8 Å². The van der Waals surface area contributed by atoms with Gasteiger partial charge in [0.05, 0.1) is 17.4 Å². The maximum Gasteiger partial charge on any atom is 0.363 e. The van der Waals surface area contributed by atoms with E-state index in [4.69, 9.17) is 16.4 Å². The van der Waals surface area contributed by atoms with Crippen LogP contribution in [-0.4, -0.2) is 22.8 Å². The van der Waals surface area contributed by atoms with E-state index in [1.54, 1.807) is 12.1 Å². The fraction of sp³-hybridized carbons (Fsp3) is 0.160. The summed E-state index contributed by atoms with van der Waals surface area (Å²) in [5, 5.41) is 1.04. The summed E-state index contributed by atoms with van der Waals surface area (Å²) in [5.74, 6) is -3.38. The highest BCUT2D eigenvalue weighted by atomic mass is 35.5. The van der Waals surface area contributed by atoms with E-state index in [0.29, 0.717) is 10.1 Å². The SMILES string of the molecule is O=C(ON1C(=O)[C@@H]2C3c4ccccc4C(c4ccccc43)[C@H]2C1=O)c1cccc(Cl)c1. The van der Waals surface area contributed by atoms with Gasteiger partial charge < -0.3 is 4.84 Å². The van der Waals surface area contributed by atoms with Crippen molar-refractivity contribution in [2.45, 2.75) is 11.8 Å². The third-order valence-electron chi connectivity index (χ3n) is 6.64. The van der Waals surface area contributed by atoms with Crippen LogP contribution < -0.4 is 0 Å². The maximum atomic E-state index is 13.4. The minimum absolute atomic E-state index is 0.178. The van der Waals surface area contributed by atoms with Gasteiger partial charge in [-0.25, -0.2) is 4.79 Å². The largest absolute Gasteiger partial charge is 0.363 e. The number of rotatable bonds is 2. The smallest absolute Gasteiger partial charge is 0.325 e. The standard InChI is InChI=1S/C25H16ClNO4/c26-14-7-5-6-13(12-14)25(30)31-27-23(28)21-19-15-8-1-2-9-16(15)20(22(21)24(27)29)18-11-4-3-10-17(18)19/h1-12,19-22H/t19?,20?,21-,22-/m1/s1. The highest BCUT2D eigenvalue weighted by Crippen LogP contribution is 2.60. The van der Waals surface area contributed by atoms with Gasteiger partial charge in [-0.15, -0.1) is 5.06 Å². The van der Waals surface area contributed by atoms with Crippen LogP contribution in [0.1, 0.15) is 44.4 Å². The van der Waals surface area contributed by atoms with Gasteiger partial charge in [-0.2, -0.15) is 0 Å². The number of benzene rings is 3. The molecule has 3 aliphatic carbocycles. The quantitative estimate of drug-likeness (QED) is 0.570. The number of hydrogen-bond donors (Lipinski definition) is 0. The predicted octanol–water partition coefficient (Wildman–Crippen LogP) is 4.30. The van der Waals surface area contributed by atoms with E-state index in [2.05, 4.69) is 0 Å². The summed E-state index contributed by atoms with van der Waals surface area (Å²) in [6.07, 6.45) is 0. The van der Waals surface area contributed by atoms with E-state index in [-0.39, 0.29) is 17.4 Å². The highest BCUT2D eigenvalue weighted by Gasteiger charge is 2.62. The number of nitrogens with zero attached hydrogens (tertiary/aromatic N) is 1. The van der Waals surface area contributed by atoms with Gasteiger partial charge in [0.2, 0.25) is 0 Å². The molecule has 1 aliphatic heterocycles.